The van der Waals surface area contributed by atoms with Gasteiger partial charge in [-0.05, 0) is 43.4 Å². The minimum absolute atomic E-state index is 0.172. The van der Waals surface area contributed by atoms with Gasteiger partial charge in [-0.3, -0.25) is 19.6 Å². The number of nitrogens with zero attached hydrogens (tertiary/aromatic N) is 2. The number of allylic oxidation sites excluding steroid dienone is 4. The number of hydrogen-bond acceptors (Lipinski definition) is 4. The van der Waals surface area contributed by atoms with Crippen molar-refractivity contribution in [2.24, 2.45) is 22.6 Å². The van der Waals surface area contributed by atoms with Crippen LogP contribution in [0.3, 0.4) is 0 Å². The smallest absolute Gasteiger partial charge is 0.243 e. The van der Waals surface area contributed by atoms with E-state index in [0.29, 0.717) is 25.2 Å². The first-order valence-corrected chi connectivity index (χ1v) is 9.01. The molecule has 3 aliphatic rings. The zero-order chi connectivity index (χ0) is 18.1. The van der Waals surface area contributed by atoms with Crippen molar-refractivity contribution in [2.75, 3.05) is 0 Å². The fourth-order valence-corrected chi connectivity index (χ4v) is 4.33. The molecular weight excluding hydrogens is 328 g/mol. The molecule has 1 fully saturated rings. The fraction of sp³-hybridized carbons (Fsp3) is 0.400. The first-order chi connectivity index (χ1) is 12.6. The summed E-state index contributed by atoms with van der Waals surface area (Å²) in [5.41, 5.74) is 7.81. The van der Waals surface area contributed by atoms with Crippen LogP contribution in [0, 0.1) is 11.8 Å². The highest BCUT2D eigenvalue weighted by molar-refractivity contribution is 5.97. The van der Waals surface area contributed by atoms with Gasteiger partial charge in [-0.15, -0.1) is 0 Å². The van der Waals surface area contributed by atoms with Gasteiger partial charge in [0, 0.05) is 35.6 Å². The summed E-state index contributed by atoms with van der Waals surface area (Å²) in [6, 6.07) is 3.64. The summed E-state index contributed by atoms with van der Waals surface area (Å²) >= 11 is 0. The molecule has 0 aromatic carbocycles. The van der Waals surface area contributed by atoms with Gasteiger partial charge in [0.25, 0.3) is 0 Å². The molecule has 1 aromatic rings. The van der Waals surface area contributed by atoms with Crippen LogP contribution in [0.2, 0.25) is 0 Å². The molecule has 2 amide bonds. The molecule has 1 saturated carbocycles. The van der Waals surface area contributed by atoms with E-state index in [1.165, 1.54) is 0 Å². The van der Waals surface area contributed by atoms with Gasteiger partial charge in [-0.2, -0.15) is 0 Å². The predicted octanol–water partition coefficient (Wildman–Crippen LogP) is 1.68. The minimum Gasteiger partial charge on any atom is -0.368 e. The van der Waals surface area contributed by atoms with Crippen LogP contribution in [0.5, 0.6) is 0 Å². The van der Waals surface area contributed by atoms with E-state index in [1.54, 1.807) is 18.5 Å². The third-order valence-electron chi connectivity index (χ3n) is 5.67. The molecule has 26 heavy (non-hydrogen) atoms. The molecule has 3 atom stereocenters. The van der Waals surface area contributed by atoms with Crippen molar-refractivity contribution in [3.05, 3.63) is 54.0 Å². The van der Waals surface area contributed by atoms with Crippen LogP contribution in [0.1, 0.15) is 31.2 Å². The molecule has 0 radical (unpaired) electrons. The van der Waals surface area contributed by atoms with Gasteiger partial charge < -0.3 is 11.1 Å². The lowest BCUT2D eigenvalue weighted by atomic mass is 9.69. The van der Waals surface area contributed by atoms with Crippen LogP contribution in [0.4, 0.5) is 0 Å². The average Bonchev–Trinajstić information content (AvgIpc) is 3.00. The molecule has 134 valence electrons. The standard InChI is InChI=1S/C20H22N4O2/c21-19(26)20(24-18(25)10-13-4-3-9-22-12-13)8-7-17-15(11-20)14-5-1-2-6-16(14)23-17/h1-4,6,9,12,14-15H,5,7-8,10-11H2,(H2,21,26)(H,24,25). The van der Waals surface area contributed by atoms with Crippen molar-refractivity contribution in [2.45, 2.75) is 37.6 Å². The van der Waals surface area contributed by atoms with Crippen molar-refractivity contribution >= 4 is 17.5 Å². The van der Waals surface area contributed by atoms with Gasteiger partial charge in [0.15, 0.2) is 0 Å². The van der Waals surface area contributed by atoms with E-state index in [1.807, 2.05) is 18.2 Å². The van der Waals surface area contributed by atoms with Crippen molar-refractivity contribution < 1.29 is 9.59 Å². The number of primary amides is 1. The first kappa shape index (κ1) is 16.7. The van der Waals surface area contributed by atoms with Gasteiger partial charge in [-0.25, -0.2) is 0 Å². The van der Waals surface area contributed by atoms with Crippen molar-refractivity contribution in [1.29, 1.82) is 0 Å². The number of rotatable bonds is 4. The Morgan fingerprint density at radius 2 is 2.23 bits per heavy atom. The van der Waals surface area contributed by atoms with Gasteiger partial charge in [-0.1, -0.05) is 18.2 Å². The van der Waals surface area contributed by atoms with Gasteiger partial charge in [0.1, 0.15) is 5.54 Å². The second kappa shape index (κ2) is 6.52. The van der Waals surface area contributed by atoms with Crippen molar-refractivity contribution in [3.63, 3.8) is 0 Å². The SMILES string of the molecule is NC(=O)C1(NC(=O)Cc2cccnc2)CCC2=NC3=CC=CCC3C2C1. The fourth-order valence-electron chi connectivity index (χ4n) is 4.33. The van der Waals surface area contributed by atoms with Crippen molar-refractivity contribution in [3.8, 4) is 0 Å². The highest BCUT2D eigenvalue weighted by Gasteiger charge is 2.49. The molecule has 1 aliphatic heterocycles. The predicted molar refractivity (Wildman–Crippen MR) is 98.1 cm³/mol. The normalized spacial score (nSPS) is 29.2. The number of amides is 2. The van der Waals surface area contributed by atoms with Crippen LogP contribution in [0.25, 0.3) is 0 Å². The zero-order valence-corrected chi connectivity index (χ0v) is 14.5. The number of pyridine rings is 1. The summed E-state index contributed by atoms with van der Waals surface area (Å²) < 4.78 is 0. The molecular formula is C20H22N4O2. The third-order valence-corrected chi connectivity index (χ3v) is 5.67. The molecule has 6 nitrogen and oxygen atoms in total. The number of aliphatic imine (C=N–C) groups is 1. The topological polar surface area (TPSA) is 97.4 Å². The molecule has 1 aromatic heterocycles. The quantitative estimate of drug-likeness (QED) is 0.864. The molecule has 4 rings (SSSR count). The van der Waals surface area contributed by atoms with Crippen LogP contribution < -0.4 is 11.1 Å². The van der Waals surface area contributed by atoms with Crippen molar-refractivity contribution in [1.82, 2.24) is 10.3 Å². The Bertz CT molecular complexity index is 827. The molecule has 0 spiro atoms. The maximum atomic E-state index is 12.6. The summed E-state index contributed by atoms with van der Waals surface area (Å²) in [4.78, 5) is 33.7. The maximum Gasteiger partial charge on any atom is 0.243 e. The number of carbonyl (C=O) groups excluding carboxylic acids is 2. The summed E-state index contributed by atoms with van der Waals surface area (Å²) in [6.07, 6.45) is 12.4. The van der Waals surface area contributed by atoms with E-state index in [2.05, 4.69) is 16.4 Å². The Hall–Kier alpha value is -2.76. The van der Waals surface area contributed by atoms with Crippen LogP contribution in [0.15, 0.2) is 53.4 Å². The summed E-state index contributed by atoms with van der Waals surface area (Å²) in [5.74, 6) is -0.190. The Balaban J connectivity index is 1.52. The first-order valence-electron chi connectivity index (χ1n) is 9.01. The van der Waals surface area contributed by atoms with Crippen LogP contribution >= 0.6 is 0 Å². The number of carbonyl (C=O) groups is 2. The maximum absolute atomic E-state index is 12.6. The Kier molecular flexibility index (Phi) is 4.18. The Labute approximate surface area is 152 Å². The molecule has 0 bridgehead atoms. The Morgan fingerprint density at radius 3 is 3.00 bits per heavy atom. The van der Waals surface area contributed by atoms with Crippen LogP contribution in [-0.2, 0) is 16.0 Å². The van der Waals surface area contributed by atoms with E-state index < -0.39 is 11.4 Å². The molecule has 6 heteroatoms. The monoisotopic (exact) mass is 350 g/mol. The molecule has 2 heterocycles. The molecule has 3 unspecified atom stereocenters. The highest BCUT2D eigenvalue weighted by Crippen LogP contribution is 2.45. The zero-order valence-electron chi connectivity index (χ0n) is 14.5. The highest BCUT2D eigenvalue weighted by atomic mass is 16.2. The largest absolute Gasteiger partial charge is 0.368 e. The average molecular weight is 350 g/mol. The summed E-state index contributed by atoms with van der Waals surface area (Å²) in [5, 5.41) is 2.95. The van der Waals surface area contributed by atoms with E-state index in [9.17, 15) is 9.59 Å². The minimum atomic E-state index is -1.00. The Morgan fingerprint density at radius 1 is 1.35 bits per heavy atom. The number of aromatic nitrogens is 1. The third kappa shape index (κ3) is 2.96. The van der Waals surface area contributed by atoms with Gasteiger partial charge in [0.2, 0.25) is 11.8 Å². The van der Waals surface area contributed by atoms with Gasteiger partial charge in [0.05, 0.1) is 6.42 Å². The van der Waals surface area contributed by atoms with E-state index >= 15 is 0 Å². The second-order valence-electron chi connectivity index (χ2n) is 7.31. The van der Waals surface area contributed by atoms with E-state index in [4.69, 9.17) is 10.7 Å². The number of nitrogens with one attached hydrogen (secondary N) is 1. The molecule has 2 aliphatic carbocycles. The lowest BCUT2D eigenvalue weighted by molar-refractivity contribution is -0.132. The van der Waals surface area contributed by atoms with E-state index in [0.717, 1.165) is 23.4 Å². The summed E-state index contributed by atoms with van der Waals surface area (Å²) in [6.45, 7) is 0. The lowest BCUT2D eigenvalue weighted by Crippen LogP contribution is -2.61. The second-order valence-corrected chi connectivity index (χ2v) is 7.31. The number of nitrogens with two attached hydrogens (primary N) is 1. The summed E-state index contributed by atoms with van der Waals surface area (Å²) in [7, 11) is 0. The lowest BCUT2D eigenvalue weighted by Gasteiger charge is -2.40. The number of fused-ring (bicyclic) bond motifs is 3. The molecule has 0 saturated heterocycles. The van der Waals surface area contributed by atoms with Crippen LogP contribution in [-0.4, -0.2) is 28.0 Å². The number of hydrogen-bond donors (Lipinski definition) is 2. The van der Waals surface area contributed by atoms with E-state index in [-0.39, 0.29) is 18.2 Å². The van der Waals surface area contributed by atoms with Gasteiger partial charge >= 0.3 is 0 Å². The molecule has 3 N–H and O–H groups in total.